The summed E-state index contributed by atoms with van der Waals surface area (Å²) in [5.74, 6) is 0. The maximum absolute atomic E-state index is 3.83. The molecule has 0 aromatic carbocycles. The van der Waals surface area contributed by atoms with Crippen LogP contribution in [0.3, 0.4) is 0 Å². The molecule has 0 bridgehead atoms. The van der Waals surface area contributed by atoms with Crippen molar-refractivity contribution in [3.63, 3.8) is 0 Å². The van der Waals surface area contributed by atoms with Gasteiger partial charge in [-0.1, -0.05) is 32.8 Å². The minimum absolute atomic E-state index is 0.416. The smallest absolute Gasteiger partial charge is 0.0362 e. The van der Waals surface area contributed by atoms with E-state index in [2.05, 4.69) is 37.7 Å². The summed E-state index contributed by atoms with van der Waals surface area (Å²) in [6, 6.07) is 0.639. The van der Waals surface area contributed by atoms with Crippen molar-refractivity contribution in [1.29, 1.82) is 0 Å². The van der Waals surface area contributed by atoms with E-state index in [0.717, 1.165) is 6.42 Å². The van der Waals surface area contributed by atoms with Crippen LogP contribution < -0.4 is 5.32 Å². The highest BCUT2D eigenvalue weighted by Crippen LogP contribution is 2.39. The molecular weight excluding hydrogens is 220 g/mol. The molecule has 0 aromatic rings. The van der Waals surface area contributed by atoms with Gasteiger partial charge in [0.2, 0.25) is 0 Å². The van der Waals surface area contributed by atoms with Gasteiger partial charge in [0.05, 0.1) is 0 Å². The fraction of sp³-hybridized carbons (Fsp3) is 0.875. The van der Waals surface area contributed by atoms with Gasteiger partial charge in [0.25, 0.3) is 0 Å². The van der Waals surface area contributed by atoms with E-state index in [-0.39, 0.29) is 0 Å². The van der Waals surface area contributed by atoms with E-state index in [4.69, 9.17) is 0 Å². The number of allylic oxidation sites excluding steroid dienone is 1. The van der Waals surface area contributed by atoms with Crippen molar-refractivity contribution in [3.8, 4) is 0 Å². The highest BCUT2D eigenvalue weighted by molar-refractivity contribution is 5.03. The summed E-state index contributed by atoms with van der Waals surface area (Å²) in [5, 5.41) is 3.62. The van der Waals surface area contributed by atoms with Crippen molar-refractivity contribution in [1.82, 2.24) is 10.2 Å². The molecule has 18 heavy (non-hydrogen) atoms. The normalized spacial score (nSPS) is 20.2. The van der Waals surface area contributed by atoms with Gasteiger partial charge in [-0.2, -0.15) is 0 Å². The molecule has 1 aliphatic carbocycles. The topological polar surface area (TPSA) is 15.3 Å². The van der Waals surface area contributed by atoms with Gasteiger partial charge in [-0.3, -0.25) is 4.90 Å². The SMILES string of the molecule is C=CCCCC(NC)C1(N(CC)CC)CCCC1. The zero-order valence-electron chi connectivity index (χ0n) is 12.7. The second-order valence-corrected chi connectivity index (χ2v) is 5.54. The van der Waals surface area contributed by atoms with Crippen LogP contribution in [0.25, 0.3) is 0 Å². The fourth-order valence-electron chi connectivity index (χ4n) is 3.87. The van der Waals surface area contributed by atoms with Crippen molar-refractivity contribution in [3.05, 3.63) is 12.7 Å². The van der Waals surface area contributed by atoms with Crippen LogP contribution >= 0.6 is 0 Å². The second-order valence-electron chi connectivity index (χ2n) is 5.54. The van der Waals surface area contributed by atoms with Crippen molar-refractivity contribution in [2.75, 3.05) is 20.1 Å². The third-order valence-corrected chi connectivity index (χ3v) is 4.76. The lowest BCUT2D eigenvalue weighted by Crippen LogP contribution is -2.59. The molecule has 1 aliphatic rings. The quantitative estimate of drug-likeness (QED) is 0.498. The van der Waals surface area contributed by atoms with Gasteiger partial charge >= 0.3 is 0 Å². The fourth-order valence-corrected chi connectivity index (χ4v) is 3.87. The Balaban J connectivity index is 2.76. The third kappa shape index (κ3) is 3.36. The largest absolute Gasteiger partial charge is 0.315 e. The van der Waals surface area contributed by atoms with E-state index in [1.807, 2.05) is 6.08 Å². The maximum Gasteiger partial charge on any atom is 0.0362 e. The summed E-state index contributed by atoms with van der Waals surface area (Å²) in [5.41, 5.74) is 0.416. The Morgan fingerprint density at radius 1 is 1.28 bits per heavy atom. The lowest BCUT2D eigenvalue weighted by molar-refractivity contribution is 0.0619. The molecule has 2 nitrogen and oxygen atoms in total. The maximum atomic E-state index is 3.83. The summed E-state index contributed by atoms with van der Waals surface area (Å²) in [7, 11) is 2.14. The minimum Gasteiger partial charge on any atom is -0.315 e. The molecule has 2 heteroatoms. The third-order valence-electron chi connectivity index (χ3n) is 4.76. The van der Waals surface area contributed by atoms with E-state index < -0.39 is 0 Å². The lowest BCUT2D eigenvalue weighted by Gasteiger charge is -2.46. The van der Waals surface area contributed by atoms with E-state index in [0.29, 0.717) is 11.6 Å². The van der Waals surface area contributed by atoms with Crippen LogP contribution in [-0.4, -0.2) is 36.6 Å². The standard InChI is InChI=1S/C16H32N2/c1-5-8-9-12-15(17-4)16(13-10-11-14-16)18(6-2)7-3/h5,15,17H,1,6-14H2,2-4H3. The predicted molar refractivity (Wildman–Crippen MR) is 81.0 cm³/mol. The minimum atomic E-state index is 0.416. The molecule has 0 aliphatic heterocycles. The molecule has 0 amide bonds. The van der Waals surface area contributed by atoms with Crippen LogP contribution in [0.2, 0.25) is 0 Å². The molecule has 1 saturated carbocycles. The predicted octanol–water partition coefficient (Wildman–Crippen LogP) is 3.59. The molecule has 1 atom stereocenters. The number of hydrogen-bond acceptors (Lipinski definition) is 2. The Morgan fingerprint density at radius 2 is 1.89 bits per heavy atom. The van der Waals surface area contributed by atoms with E-state index in [1.165, 1.54) is 51.6 Å². The Labute approximate surface area is 114 Å². The van der Waals surface area contributed by atoms with Crippen LogP contribution in [0.4, 0.5) is 0 Å². The average molecular weight is 252 g/mol. The van der Waals surface area contributed by atoms with Gasteiger partial charge in [0, 0.05) is 11.6 Å². The highest BCUT2D eigenvalue weighted by atomic mass is 15.2. The molecule has 0 radical (unpaired) electrons. The van der Waals surface area contributed by atoms with Crippen molar-refractivity contribution >= 4 is 0 Å². The Bertz CT molecular complexity index is 227. The molecular formula is C16H32N2. The summed E-state index contributed by atoms with van der Waals surface area (Å²) < 4.78 is 0. The van der Waals surface area contributed by atoms with Crippen LogP contribution in [-0.2, 0) is 0 Å². The molecule has 0 saturated heterocycles. The van der Waals surface area contributed by atoms with E-state index in [1.54, 1.807) is 0 Å². The molecule has 1 fully saturated rings. The molecule has 1 rings (SSSR count). The Morgan fingerprint density at radius 3 is 2.33 bits per heavy atom. The van der Waals surface area contributed by atoms with E-state index >= 15 is 0 Å². The zero-order valence-corrected chi connectivity index (χ0v) is 12.7. The first kappa shape index (κ1) is 15.7. The van der Waals surface area contributed by atoms with Gasteiger partial charge in [-0.05, 0) is 52.2 Å². The van der Waals surface area contributed by atoms with Crippen LogP contribution in [0.1, 0.15) is 58.8 Å². The van der Waals surface area contributed by atoms with Gasteiger partial charge in [0.1, 0.15) is 0 Å². The number of unbranched alkanes of at least 4 members (excludes halogenated alkanes) is 1. The monoisotopic (exact) mass is 252 g/mol. The summed E-state index contributed by atoms with van der Waals surface area (Å²) >= 11 is 0. The highest BCUT2D eigenvalue weighted by Gasteiger charge is 2.43. The molecule has 106 valence electrons. The lowest BCUT2D eigenvalue weighted by atomic mass is 9.83. The first-order valence-corrected chi connectivity index (χ1v) is 7.78. The number of likely N-dealkylation sites (N-methyl/N-ethyl adjacent to an activating group) is 2. The Kier molecular flexibility index (Phi) is 6.95. The van der Waals surface area contributed by atoms with Crippen molar-refractivity contribution < 1.29 is 0 Å². The number of nitrogens with zero attached hydrogens (tertiary/aromatic N) is 1. The van der Waals surface area contributed by atoms with Crippen LogP contribution in [0.15, 0.2) is 12.7 Å². The molecule has 0 aromatic heterocycles. The average Bonchev–Trinajstić information content (AvgIpc) is 2.86. The summed E-state index contributed by atoms with van der Waals surface area (Å²) in [6.07, 6.45) is 11.3. The summed E-state index contributed by atoms with van der Waals surface area (Å²) in [4.78, 5) is 2.70. The molecule has 0 spiro atoms. The van der Waals surface area contributed by atoms with Crippen molar-refractivity contribution in [2.24, 2.45) is 0 Å². The van der Waals surface area contributed by atoms with Crippen LogP contribution in [0, 0.1) is 0 Å². The zero-order chi connectivity index (χ0) is 13.4. The number of hydrogen-bond donors (Lipinski definition) is 1. The van der Waals surface area contributed by atoms with Gasteiger partial charge in [-0.15, -0.1) is 6.58 Å². The second kappa shape index (κ2) is 7.96. The first-order chi connectivity index (χ1) is 8.75. The van der Waals surface area contributed by atoms with Crippen molar-refractivity contribution in [2.45, 2.75) is 70.4 Å². The van der Waals surface area contributed by atoms with Gasteiger partial charge in [-0.25, -0.2) is 0 Å². The first-order valence-electron chi connectivity index (χ1n) is 7.78. The number of rotatable bonds is 9. The number of nitrogens with one attached hydrogen (secondary N) is 1. The molecule has 1 unspecified atom stereocenters. The molecule has 0 heterocycles. The van der Waals surface area contributed by atoms with Gasteiger partial charge in [0.15, 0.2) is 0 Å². The Hall–Kier alpha value is -0.340. The van der Waals surface area contributed by atoms with E-state index in [9.17, 15) is 0 Å². The van der Waals surface area contributed by atoms with Gasteiger partial charge < -0.3 is 5.32 Å². The van der Waals surface area contributed by atoms with Crippen LogP contribution in [0.5, 0.6) is 0 Å². The summed E-state index contributed by atoms with van der Waals surface area (Å²) in [6.45, 7) is 10.8. The molecule has 1 N–H and O–H groups in total.